The third-order valence-corrected chi connectivity index (χ3v) is 4.29. The van der Waals surface area contributed by atoms with E-state index in [1.165, 1.54) is 12.8 Å². The number of rotatable bonds is 0. The second-order valence-corrected chi connectivity index (χ2v) is 4.50. The first-order valence-corrected chi connectivity index (χ1v) is 4.79. The fourth-order valence-electron chi connectivity index (χ4n) is 4.01. The molecule has 1 nitrogen and oxygen atoms in total. The van der Waals surface area contributed by atoms with Crippen molar-refractivity contribution in [3.05, 3.63) is 12.2 Å². The Bertz CT molecular complexity index is 237. The van der Waals surface area contributed by atoms with Gasteiger partial charge in [0.05, 0.1) is 12.2 Å². The number of fused-ring (bicyclic) bond motifs is 1. The van der Waals surface area contributed by atoms with Crippen molar-refractivity contribution in [2.75, 3.05) is 0 Å². The molecule has 3 fully saturated rings. The van der Waals surface area contributed by atoms with Crippen LogP contribution in [0.5, 0.6) is 0 Å². The van der Waals surface area contributed by atoms with Crippen LogP contribution in [0.3, 0.4) is 0 Å². The van der Waals surface area contributed by atoms with E-state index in [1.54, 1.807) is 0 Å². The third kappa shape index (κ3) is 0.405. The normalized spacial score (nSPS) is 68.4. The van der Waals surface area contributed by atoms with Gasteiger partial charge in [0.25, 0.3) is 0 Å². The smallest absolute Gasteiger partial charge is 0.0710 e. The van der Waals surface area contributed by atoms with E-state index >= 15 is 0 Å². The molecule has 6 atom stereocenters. The topological polar surface area (TPSA) is 9.23 Å². The Morgan fingerprint density at radius 1 is 1.09 bits per heavy atom. The largest absolute Gasteiger partial charge is 0.373 e. The average Bonchev–Trinajstić information content (AvgIpc) is 2.64. The summed E-state index contributed by atoms with van der Waals surface area (Å²) in [6, 6.07) is 0. The molecule has 1 aliphatic heterocycles. The second-order valence-electron chi connectivity index (χ2n) is 4.50. The van der Waals surface area contributed by atoms with Gasteiger partial charge < -0.3 is 4.74 Å². The number of ether oxygens (including phenoxy) is 1. The monoisotopic (exact) mass is 148 g/mol. The summed E-state index contributed by atoms with van der Waals surface area (Å²) in [5, 5.41) is 0. The summed E-state index contributed by atoms with van der Waals surface area (Å²) in [6.45, 7) is 0. The maximum absolute atomic E-state index is 5.98. The summed E-state index contributed by atoms with van der Waals surface area (Å²) in [7, 11) is 0. The lowest BCUT2D eigenvalue weighted by atomic mass is 9.85. The van der Waals surface area contributed by atoms with E-state index in [9.17, 15) is 0 Å². The van der Waals surface area contributed by atoms with E-state index in [-0.39, 0.29) is 0 Å². The van der Waals surface area contributed by atoms with Crippen molar-refractivity contribution < 1.29 is 4.74 Å². The van der Waals surface area contributed by atoms with Crippen LogP contribution < -0.4 is 0 Å². The standard InChI is InChI=1S/C10H12O/c1-2-7-9-5-3-4-8(9)11-10(7)6(1)5/h1-2,5-10H,3-4H2/t5-,6-,7+,8-,9-,10?/m0/s1. The zero-order valence-electron chi connectivity index (χ0n) is 6.44. The average molecular weight is 148 g/mol. The summed E-state index contributed by atoms with van der Waals surface area (Å²) in [6.07, 6.45) is 8.91. The Kier molecular flexibility index (Phi) is 0.695. The van der Waals surface area contributed by atoms with Crippen LogP contribution in [0.15, 0.2) is 12.2 Å². The minimum Gasteiger partial charge on any atom is -0.373 e. The zero-order valence-corrected chi connectivity index (χ0v) is 6.44. The molecule has 1 heterocycles. The first kappa shape index (κ1) is 5.36. The third-order valence-electron chi connectivity index (χ3n) is 4.29. The highest BCUT2D eigenvalue weighted by Crippen LogP contribution is 2.62. The van der Waals surface area contributed by atoms with Gasteiger partial charge in [-0.25, -0.2) is 0 Å². The molecule has 11 heavy (non-hydrogen) atoms. The van der Waals surface area contributed by atoms with Gasteiger partial charge in [0.1, 0.15) is 0 Å². The van der Waals surface area contributed by atoms with Crippen LogP contribution in [0.25, 0.3) is 0 Å². The van der Waals surface area contributed by atoms with Crippen LogP contribution in [0.1, 0.15) is 12.8 Å². The van der Waals surface area contributed by atoms with E-state index in [1.807, 2.05) is 0 Å². The van der Waals surface area contributed by atoms with E-state index in [4.69, 9.17) is 4.74 Å². The summed E-state index contributed by atoms with van der Waals surface area (Å²) in [5.74, 6) is 3.62. The summed E-state index contributed by atoms with van der Waals surface area (Å²) < 4.78 is 5.98. The Morgan fingerprint density at radius 3 is 2.82 bits per heavy atom. The maximum Gasteiger partial charge on any atom is 0.0710 e. The van der Waals surface area contributed by atoms with E-state index in [2.05, 4.69) is 12.2 Å². The van der Waals surface area contributed by atoms with Crippen molar-refractivity contribution in [3.8, 4) is 0 Å². The molecule has 58 valence electrons. The fraction of sp³-hybridized carbons (Fsp3) is 0.800. The molecule has 0 spiro atoms. The number of hydrogen-bond acceptors (Lipinski definition) is 1. The molecule has 1 unspecified atom stereocenters. The highest BCUT2D eigenvalue weighted by Gasteiger charge is 2.63. The molecular weight excluding hydrogens is 136 g/mol. The van der Waals surface area contributed by atoms with Crippen molar-refractivity contribution in [2.45, 2.75) is 25.0 Å². The molecular formula is C10H12O. The maximum atomic E-state index is 5.98. The molecule has 0 aromatic carbocycles. The van der Waals surface area contributed by atoms with Gasteiger partial charge in [-0.2, -0.15) is 0 Å². The van der Waals surface area contributed by atoms with Crippen LogP contribution in [0.2, 0.25) is 0 Å². The Hall–Kier alpha value is -0.300. The SMILES string of the molecule is C1=C[C@H]2C3O[C@H]4CC[C@H]([C@H]42)[C@H]13. The van der Waals surface area contributed by atoms with Gasteiger partial charge in [0, 0.05) is 11.8 Å². The van der Waals surface area contributed by atoms with Crippen LogP contribution in [0, 0.1) is 23.7 Å². The van der Waals surface area contributed by atoms with Crippen LogP contribution in [-0.2, 0) is 4.74 Å². The Morgan fingerprint density at radius 2 is 2.00 bits per heavy atom. The van der Waals surface area contributed by atoms with Gasteiger partial charge in [-0.3, -0.25) is 0 Å². The predicted molar refractivity (Wildman–Crippen MR) is 41.0 cm³/mol. The van der Waals surface area contributed by atoms with Crippen LogP contribution in [-0.4, -0.2) is 12.2 Å². The number of hydrogen-bond donors (Lipinski definition) is 0. The predicted octanol–water partition coefficient (Wildman–Crippen LogP) is 1.60. The van der Waals surface area contributed by atoms with Crippen molar-refractivity contribution in [1.29, 1.82) is 0 Å². The summed E-state index contributed by atoms with van der Waals surface area (Å²) >= 11 is 0. The van der Waals surface area contributed by atoms with Crippen LogP contribution >= 0.6 is 0 Å². The molecule has 4 aliphatic rings. The summed E-state index contributed by atoms with van der Waals surface area (Å²) in [4.78, 5) is 0. The molecule has 3 aliphatic carbocycles. The molecule has 0 N–H and O–H groups in total. The van der Waals surface area contributed by atoms with Crippen molar-refractivity contribution in [2.24, 2.45) is 23.7 Å². The van der Waals surface area contributed by atoms with Gasteiger partial charge >= 0.3 is 0 Å². The van der Waals surface area contributed by atoms with Gasteiger partial charge in [-0.15, -0.1) is 0 Å². The Labute approximate surface area is 66.4 Å². The lowest BCUT2D eigenvalue weighted by Gasteiger charge is -2.26. The molecule has 4 rings (SSSR count). The molecule has 0 aromatic rings. The van der Waals surface area contributed by atoms with Gasteiger partial charge in [0.2, 0.25) is 0 Å². The quantitative estimate of drug-likeness (QED) is 0.474. The van der Waals surface area contributed by atoms with E-state index in [0.29, 0.717) is 12.2 Å². The van der Waals surface area contributed by atoms with Crippen LogP contribution in [0.4, 0.5) is 0 Å². The highest BCUT2D eigenvalue weighted by molar-refractivity contribution is 5.25. The molecule has 0 aromatic heterocycles. The fourth-order valence-corrected chi connectivity index (χ4v) is 4.01. The van der Waals surface area contributed by atoms with Crippen molar-refractivity contribution >= 4 is 0 Å². The highest BCUT2D eigenvalue weighted by atomic mass is 16.5. The molecule has 0 amide bonds. The molecule has 2 saturated carbocycles. The molecule has 4 bridgehead atoms. The van der Waals surface area contributed by atoms with Gasteiger partial charge in [-0.05, 0) is 24.7 Å². The van der Waals surface area contributed by atoms with Crippen molar-refractivity contribution in [3.63, 3.8) is 0 Å². The van der Waals surface area contributed by atoms with Crippen molar-refractivity contribution in [1.82, 2.24) is 0 Å². The lowest BCUT2D eigenvalue weighted by Crippen LogP contribution is -2.26. The molecule has 0 radical (unpaired) electrons. The first-order valence-electron chi connectivity index (χ1n) is 4.79. The first-order chi connectivity index (χ1) is 5.45. The van der Waals surface area contributed by atoms with Gasteiger partial charge in [-0.1, -0.05) is 12.2 Å². The van der Waals surface area contributed by atoms with E-state index < -0.39 is 0 Å². The molecule has 1 heteroatoms. The second kappa shape index (κ2) is 1.42. The lowest BCUT2D eigenvalue weighted by molar-refractivity contribution is -0.00949. The van der Waals surface area contributed by atoms with E-state index in [0.717, 1.165) is 23.7 Å². The zero-order chi connectivity index (χ0) is 7.00. The Balaban J connectivity index is 1.94. The minimum absolute atomic E-state index is 0.623. The molecule has 1 saturated heterocycles. The summed E-state index contributed by atoms with van der Waals surface area (Å²) in [5.41, 5.74) is 0. The minimum atomic E-state index is 0.623. The van der Waals surface area contributed by atoms with Gasteiger partial charge in [0.15, 0.2) is 0 Å².